The van der Waals surface area contributed by atoms with Gasteiger partial charge in [-0.2, -0.15) is 0 Å². The van der Waals surface area contributed by atoms with E-state index in [1.807, 2.05) is 6.92 Å². The van der Waals surface area contributed by atoms with Crippen molar-refractivity contribution in [3.63, 3.8) is 0 Å². The highest BCUT2D eigenvalue weighted by molar-refractivity contribution is 8.13. The summed E-state index contributed by atoms with van der Waals surface area (Å²) in [5.41, 5.74) is -0.231. The Morgan fingerprint density at radius 3 is 2.62 bits per heavy atom. The average molecular weight is 338 g/mol. The van der Waals surface area contributed by atoms with Crippen LogP contribution in [0.5, 0.6) is 0 Å². The van der Waals surface area contributed by atoms with Crippen LogP contribution >= 0.6 is 10.7 Å². The van der Waals surface area contributed by atoms with E-state index in [0.29, 0.717) is 6.61 Å². The number of carbonyl (C=O) groups is 1. The van der Waals surface area contributed by atoms with Crippen LogP contribution in [0.3, 0.4) is 0 Å². The smallest absolute Gasteiger partial charge is 0.261 e. The molecule has 1 atom stereocenters. The van der Waals surface area contributed by atoms with Crippen molar-refractivity contribution in [1.29, 1.82) is 0 Å². The van der Waals surface area contributed by atoms with Gasteiger partial charge in [-0.15, -0.1) is 0 Å². The molecule has 0 saturated heterocycles. The molecule has 0 aliphatic carbocycles. The SMILES string of the molecule is CCOC(C)CNC(=O)c1cc(S(=O)(=O)Cl)c(C)cc1F. The maximum atomic E-state index is 13.8. The molecule has 0 heterocycles. The first-order chi connectivity index (χ1) is 9.66. The van der Waals surface area contributed by atoms with Gasteiger partial charge >= 0.3 is 0 Å². The van der Waals surface area contributed by atoms with Crippen LogP contribution in [0.1, 0.15) is 29.8 Å². The van der Waals surface area contributed by atoms with Crippen molar-refractivity contribution in [1.82, 2.24) is 5.32 Å². The average Bonchev–Trinajstić information content (AvgIpc) is 2.34. The number of amides is 1. The third-order valence-electron chi connectivity index (χ3n) is 2.77. The largest absolute Gasteiger partial charge is 0.377 e. The van der Waals surface area contributed by atoms with Crippen molar-refractivity contribution in [2.24, 2.45) is 0 Å². The van der Waals surface area contributed by atoms with Gasteiger partial charge in [0.15, 0.2) is 0 Å². The zero-order valence-electron chi connectivity index (χ0n) is 11.9. The molecule has 1 N–H and O–H groups in total. The normalized spacial score (nSPS) is 13.0. The number of aryl methyl sites for hydroxylation is 1. The molecule has 1 aromatic rings. The number of nitrogens with one attached hydrogen (secondary N) is 1. The zero-order valence-corrected chi connectivity index (χ0v) is 13.5. The highest BCUT2D eigenvalue weighted by atomic mass is 35.7. The number of rotatable bonds is 6. The number of carbonyl (C=O) groups excluding carboxylic acids is 1. The molecule has 0 saturated carbocycles. The molecule has 0 aromatic heterocycles. The van der Waals surface area contributed by atoms with Gasteiger partial charge in [-0.05, 0) is 38.5 Å². The molecule has 5 nitrogen and oxygen atoms in total. The van der Waals surface area contributed by atoms with E-state index in [9.17, 15) is 17.6 Å². The summed E-state index contributed by atoms with van der Waals surface area (Å²) in [5, 5.41) is 2.48. The fourth-order valence-electron chi connectivity index (χ4n) is 1.76. The van der Waals surface area contributed by atoms with Crippen molar-refractivity contribution >= 4 is 25.6 Å². The van der Waals surface area contributed by atoms with E-state index in [4.69, 9.17) is 15.4 Å². The van der Waals surface area contributed by atoms with Crippen LogP contribution in [-0.2, 0) is 13.8 Å². The summed E-state index contributed by atoms with van der Waals surface area (Å²) in [6.45, 7) is 5.64. The Hall–Kier alpha value is -1.18. The minimum atomic E-state index is -4.05. The second-order valence-electron chi connectivity index (χ2n) is 4.51. The van der Waals surface area contributed by atoms with E-state index in [1.54, 1.807) is 6.92 Å². The van der Waals surface area contributed by atoms with E-state index in [0.717, 1.165) is 12.1 Å². The molecule has 1 rings (SSSR count). The molecular formula is C13H17ClFNO4S. The Morgan fingerprint density at radius 1 is 1.48 bits per heavy atom. The lowest BCUT2D eigenvalue weighted by molar-refractivity contribution is 0.0693. The molecule has 0 radical (unpaired) electrons. The van der Waals surface area contributed by atoms with Gasteiger partial charge < -0.3 is 10.1 Å². The summed E-state index contributed by atoms with van der Waals surface area (Å²) in [6, 6.07) is 1.91. The van der Waals surface area contributed by atoms with Crippen molar-refractivity contribution in [3.8, 4) is 0 Å². The van der Waals surface area contributed by atoms with E-state index < -0.39 is 20.8 Å². The molecule has 0 bridgehead atoms. The van der Waals surface area contributed by atoms with Gasteiger partial charge in [0.2, 0.25) is 0 Å². The molecule has 1 aromatic carbocycles. The van der Waals surface area contributed by atoms with Crippen molar-refractivity contribution in [2.75, 3.05) is 13.2 Å². The van der Waals surface area contributed by atoms with Gasteiger partial charge in [0, 0.05) is 23.8 Å². The van der Waals surface area contributed by atoms with Crippen LogP contribution in [0.4, 0.5) is 4.39 Å². The Morgan fingerprint density at radius 2 is 2.10 bits per heavy atom. The minimum absolute atomic E-state index is 0.140. The molecule has 0 aliphatic rings. The van der Waals surface area contributed by atoms with Crippen LogP contribution in [-0.4, -0.2) is 33.6 Å². The van der Waals surface area contributed by atoms with Gasteiger partial charge in [0.05, 0.1) is 16.6 Å². The van der Waals surface area contributed by atoms with Crippen LogP contribution in [0, 0.1) is 12.7 Å². The standard InChI is InChI=1S/C13H17ClFNO4S/c1-4-20-9(3)7-16-13(17)10-6-12(21(14,18)19)8(2)5-11(10)15/h5-6,9H,4,7H2,1-3H3,(H,16,17). The molecule has 8 heteroatoms. The Bertz CT molecular complexity index is 633. The van der Waals surface area contributed by atoms with E-state index in [-0.39, 0.29) is 28.7 Å². The number of hydrogen-bond acceptors (Lipinski definition) is 4. The Labute approximate surface area is 127 Å². The molecular weight excluding hydrogens is 321 g/mol. The fourth-order valence-corrected chi connectivity index (χ4v) is 2.97. The lowest BCUT2D eigenvalue weighted by Crippen LogP contribution is -2.32. The maximum Gasteiger partial charge on any atom is 0.261 e. The van der Waals surface area contributed by atoms with Gasteiger partial charge in [0.25, 0.3) is 15.0 Å². The van der Waals surface area contributed by atoms with E-state index in [2.05, 4.69) is 5.32 Å². The number of ether oxygens (including phenoxy) is 1. The monoisotopic (exact) mass is 337 g/mol. The quantitative estimate of drug-likeness (QED) is 0.808. The van der Waals surface area contributed by atoms with Gasteiger partial charge in [0.1, 0.15) is 5.82 Å². The summed E-state index contributed by atoms with van der Waals surface area (Å²) in [5.74, 6) is -1.53. The summed E-state index contributed by atoms with van der Waals surface area (Å²) in [4.78, 5) is 11.6. The van der Waals surface area contributed by atoms with Crippen molar-refractivity contribution < 1.29 is 22.3 Å². The minimum Gasteiger partial charge on any atom is -0.377 e. The zero-order chi connectivity index (χ0) is 16.2. The van der Waals surface area contributed by atoms with Gasteiger partial charge in [-0.1, -0.05) is 0 Å². The molecule has 0 spiro atoms. The predicted octanol–water partition coefficient (Wildman–Crippen LogP) is 2.22. The molecule has 0 aliphatic heterocycles. The van der Waals surface area contributed by atoms with Crippen LogP contribution in [0.15, 0.2) is 17.0 Å². The maximum absolute atomic E-state index is 13.8. The summed E-state index contributed by atoms with van der Waals surface area (Å²) in [6.07, 6.45) is -0.233. The highest BCUT2D eigenvalue weighted by Gasteiger charge is 2.20. The van der Waals surface area contributed by atoms with Crippen molar-refractivity contribution in [2.45, 2.75) is 31.8 Å². The van der Waals surface area contributed by atoms with Crippen molar-refractivity contribution in [3.05, 3.63) is 29.1 Å². The second kappa shape index (κ2) is 7.20. The third-order valence-corrected chi connectivity index (χ3v) is 4.24. The third kappa shape index (κ3) is 4.94. The van der Waals surface area contributed by atoms with Gasteiger partial charge in [-0.25, -0.2) is 12.8 Å². The highest BCUT2D eigenvalue weighted by Crippen LogP contribution is 2.23. The Balaban J connectivity index is 3.00. The molecule has 118 valence electrons. The van der Waals surface area contributed by atoms with E-state index in [1.165, 1.54) is 6.92 Å². The van der Waals surface area contributed by atoms with Gasteiger partial charge in [-0.3, -0.25) is 4.79 Å². The number of hydrogen-bond donors (Lipinski definition) is 1. The van der Waals surface area contributed by atoms with Crippen LogP contribution in [0.2, 0.25) is 0 Å². The lowest BCUT2D eigenvalue weighted by Gasteiger charge is -2.13. The Kier molecular flexibility index (Phi) is 6.12. The molecule has 21 heavy (non-hydrogen) atoms. The first kappa shape index (κ1) is 17.9. The molecule has 0 fully saturated rings. The molecule has 1 amide bonds. The number of halogens is 2. The summed E-state index contributed by atoms with van der Waals surface area (Å²) >= 11 is 0. The first-order valence-corrected chi connectivity index (χ1v) is 8.62. The lowest BCUT2D eigenvalue weighted by atomic mass is 10.1. The van der Waals surface area contributed by atoms with Crippen LogP contribution < -0.4 is 5.32 Å². The topological polar surface area (TPSA) is 72.5 Å². The number of benzene rings is 1. The second-order valence-corrected chi connectivity index (χ2v) is 7.05. The van der Waals surface area contributed by atoms with E-state index >= 15 is 0 Å². The predicted molar refractivity (Wildman–Crippen MR) is 77.6 cm³/mol. The summed E-state index contributed by atoms with van der Waals surface area (Å²) < 4.78 is 41.8. The van der Waals surface area contributed by atoms with Crippen LogP contribution in [0.25, 0.3) is 0 Å². The summed E-state index contributed by atoms with van der Waals surface area (Å²) in [7, 11) is 1.21. The first-order valence-electron chi connectivity index (χ1n) is 6.31. The fraction of sp³-hybridized carbons (Fsp3) is 0.462. The molecule has 1 unspecified atom stereocenters.